The van der Waals surface area contributed by atoms with Gasteiger partial charge in [-0.2, -0.15) is 8.42 Å². The molecule has 0 aliphatic heterocycles. The molecule has 1 aliphatic rings. The number of esters is 1. The monoisotopic (exact) mass is 262 g/mol. The Hall–Kier alpha value is 0.340. The van der Waals surface area contributed by atoms with Gasteiger partial charge in [0.05, 0.1) is 13.0 Å². The van der Waals surface area contributed by atoms with Gasteiger partial charge in [-0.25, -0.2) is 0 Å². The average molecular weight is 262 g/mol. The zero-order chi connectivity index (χ0) is 12.0. The summed E-state index contributed by atoms with van der Waals surface area (Å²) >= 11 is 0. The fraction of sp³-hybridized carbons (Fsp3) is 0.875. The Balaban J connectivity index is 0. The minimum Gasteiger partial charge on any atom is -1.00 e. The second-order valence-electron chi connectivity index (χ2n) is 4.25. The molecule has 0 heterocycles. The van der Waals surface area contributed by atoms with Crippen LogP contribution in [-0.4, -0.2) is 36.6 Å². The van der Waals surface area contributed by atoms with Gasteiger partial charge in [-0.05, 0) is 5.41 Å². The predicted molar refractivity (Wildman–Crippen MR) is 51.4 cm³/mol. The summed E-state index contributed by atoms with van der Waals surface area (Å²) in [5.41, 5.74) is -2.61. The van der Waals surface area contributed by atoms with Crippen molar-refractivity contribution in [1.82, 2.24) is 0 Å². The smallest absolute Gasteiger partial charge is 1.00 e. The van der Waals surface area contributed by atoms with E-state index < -0.39 is 38.8 Å². The summed E-state index contributed by atoms with van der Waals surface area (Å²) in [6.07, 6.45) is 0. The molecule has 2 N–H and O–H groups in total. The van der Waals surface area contributed by atoms with E-state index in [4.69, 9.17) is 4.55 Å². The van der Waals surface area contributed by atoms with Crippen molar-refractivity contribution in [1.29, 1.82) is 0 Å². The molecular weight excluding hydrogens is 247 g/mol. The summed E-state index contributed by atoms with van der Waals surface area (Å²) < 4.78 is 34.6. The average Bonchev–Trinajstić information content (AvgIpc) is 2.64. The molecule has 0 aromatic heterocycles. The van der Waals surface area contributed by atoms with Gasteiger partial charge in [0, 0.05) is 5.92 Å². The van der Waals surface area contributed by atoms with E-state index in [9.17, 15) is 18.3 Å². The number of rotatable bonds is 3. The quantitative estimate of drug-likeness (QED) is 0.315. The molecule has 1 aliphatic carbocycles. The first-order valence-corrected chi connectivity index (χ1v) is 5.86. The Labute approximate surface area is 118 Å². The Kier molecular flexibility index (Phi) is 5.02. The summed E-state index contributed by atoms with van der Waals surface area (Å²) in [5.74, 6) is -2.09. The van der Waals surface area contributed by atoms with Crippen LogP contribution >= 0.6 is 0 Å². The molecule has 3 unspecified atom stereocenters. The van der Waals surface area contributed by atoms with Crippen molar-refractivity contribution >= 4 is 16.1 Å². The normalized spacial score (nSPS) is 28.8. The molecule has 16 heavy (non-hydrogen) atoms. The number of aliphatic hydroxyl groups excluding tert-OH is 1. The van der Waals surface area contributed by atoms with Crippen molar-refractivity contribution < 1.29 is 58.6 Å². The molecule has 3 atom stereocenters. The number of ether oxygens (including phenoxy) is 1. The van der Waals surface area contributed by atoms with E-state index in [1.54, 1.807) is 13.8 Å². The van der Waals surface area contributed by atoms with E-state index in [0.29, 0.717) is 0 Å². The summed E-state index contributed by atoms with van der Waals surface area (Å²) in [4.78, 5) is 11.2. The molecule has 1 rings (SSSR count). The summed E-state index contributed by atoms with van der Waals surface area (Å²) in [6, 6.07) is 0. The van der Waals surface area contributed by atoms with Gasteiger partial charge in [0.1, 0.15) is 0 Å². The number of aliphatic hydroxyl groups is 1. The van der Waals surface area contributed by atoms with Crippen molar-refractivity contribution in [2.24, 2.45) is 17.3 Å². The molecule has 8 heteroatoms. The fourth-order valence-corrected chi connectivity index (χ4v) is 2.85. The number of carbonyl (C=O) groups excluding carboxylic acids is 1. The zero-order valence-corrected chi connectivity index (χ0v) is 12.5. The Morgan fingerprint density at radius 3 is 2.25 bits per heavy atom. The second kappa shape index (κ2) is 4.91. The molecule has 0 bridgehead atoms. The molecule has 1 fully saturated rings. The fourth-order valence-electron chi connectivity index (χ4n) is 1.97. The third kappa shape index (κ3) is 2.77. The van der Waals surface area contributed by atoms with Crippen LogP contribution in [0.4, 0.5) is 0 Å². The van der Waals surface area contributed by atoms with Crippen LogP contribution in [0, 0.1) is 17.3 Å². The maximum absolute atomic E-state index is 11.2. The van der Waals surface area contributed by atoms with E-state index in [2.05, 4.69) is 4.74 Å². The largest absolute Gasteiger partial charge is 1.00 e. The summed E-state index contributed by atoms with van der Waals surface area (Å²) in [5, 5.41) is 9.33. The topological polar surface area (TPSA) is 101 Å². The van der Waals surface area contributed by atoms with E-state index in [1.807, 2.05) is 0 Å². The molecule has 0 aromatic carbocycles. The summed E-state index contributed by atoms with van der Waals surface area (Å²) in [6.45, 7) is 3.27. The number of methoxy groups -OCH3 is 1. The molecular formula is C8H15NaO6S. The van der Waals surface area contributed by atoms with Gasteiger partial charge >= 0.3 is 35.5 Å². The molecule has 0 amide bonds. The van der Waals surface area contributed by atoms with E-state index in [1.165, 1.54) is 7.11 Å². The molecule has 0 saturated heterocycles. The van der Waals surface area contributed by atoms with Crippen molar-refractivity contribution in [3.05, 3.63) is 0 Å². The van der Waals surface area contributed by atoms with Gasteiger partial charge in [0.25, 0.3) is 10.1 Å². The third-order valence-electron chi connectivity index (χ3n) is 2.98. The molecule has 0 radical (unpaired) electrons. The molecule has 90 valence electrons. The predicted octanol–water partition coefficient (Wildman–Crippen LogP) is -3.25. The molecule has 0 spiro atoms. The maximum atomic E-state index is 11.2. The standard InChI is InChI=1S/C8H14O6S.Na.H/c1-8(2)4(6(9)14-3)5(8)7(10)15(11,12)13;;/h4-5,7,10H,1-3H3,(H,11,12,13);;/q;+1;-1. The van der Waals surface area contributed by atoms with Gasteiger partial charge in [0.15, 0.2) is 5.44 Å². The van der Waals surface area contributed by atoms with Crippen LogP contribution in [0.3, 0.4) is 0 Å². The van der Waals surface area contributed by atoms with Crippen LogP contribution in [-0.2, 0) is 19.6 Å². The van der Waals surface area contributed by atoms with Gasteiger partial charge in [-0.1, -0.05) is 13.8 Å². The molecule has 6 nitrogen and oxygen atoms in total. The first kappa shape index (κ1) is 16.3. The Morgan fingerprint density at radius 2 is 1.94 bits per heavy atom. The maximum Gasteiger partial charge on any atom is 1.00 e. The van der Waals surface area contributed by atoms with E-state index >= 15 is 0 Å². The van der Waals surface area contributed by atoms with Gasteiger partial charge in [-0.3, -0.25) is 9.35 Å². The molecule has 1 saturated carbocycles. The number of hydrogen-bond acceptors (Lipinski definition) is 5. The first-order valence-electron chi connectivity index (χ1n) is 4.36. The van der Waals surface area contributed by atoms with Crippen LogP contribution in [0.5, 0.6) is 0 Å². The van der Waals surface area contributed by atoms with Crippen LogP contribution in [0.25, 0.3) is 0 Å². The Morgan fingerprint density at radius 1 is 1.50 bits per heavy atom. The summed E-state index contributed by atoms with van der Waals surface area (Å²) in [7, 11) is -3.35. The van der Waals surface area contributed by atoms with Crippen LogP contribution in [0.1, 0.15) is 15.3 Å². The molecule has 0 aromatic rings. The number of carbonyl (C=O) groups is 1. The number of hydrogen-bond donors (Lipinski definition) is 2. The van der Waals surface area contributed by atoms with E-state index in [0.717, 1.165) is 0 Å². The van der Waals surface area contributed by atoms with Crippen molar-refractivity contribution in [2.75, 3.05) is 7.11 Å². The Bertz CT molecular complexity index is 381. The van der Waals surface area contributed by atoms with Crippen LogP contribution < -0.4 is 29.6 Å². The van der Waals surface area contributed by atoms with Gasteiger partial charge in [0.2, 0.25) is 0 Å². The minimum absolute atomic E-state index is 0. The van der Waals surface area contributed by atoms with Crippen molar-refractivity contribution in [3.8, 4) is 0 Å². The van der Waals surface area contributed by atoms with Gasteiger partial charge < -0.3 is 11.3 Å². The third-order valence-corrected chi connectivity index (χ3v) is 3.88. The van der Waals surface area contributed by atoms with Crippen molar-refractivity contribution in [3.63, 3.8) is 0 Å². The van der Waals surface area contributed by atoms with Crippen molar-refractivity contribution in [2.45, 2.75) is 19.3 Å². The first-order chi connectivity index (χ1) is 6.64. The zero-order valence-electron chi connectivity index (χ0n) is 10.7. The second-order valence-corrected chi connectivity index (χ2v) is 5.77. The SMILES string of the molecule is COC(=O)C1C(C(O)S(=O)(=O)O)C1(C)C.[H-].[Na+]. The van der Waals surface area contributed by atoms with E-state index in [-0.39, 0.29) is 31.0 Å². The van der Waals surface area contributed by atoms with Crippen LogP contribution in [0.15, 0.2) is 0 Å². The van der Waals surface area contributed by atoms with Gasteiger partial charge in [-0.15, -0.1) is 0 Å². The van der Waals surface area contributed by atoms with Crippen LogP contribution in [0.2, 0.25) is 0 Å². The minimum atomic E-state index is -4.54.